The third-order valence-corrected chi connectivity index (χ3v) is 14.3. The molecule has 1 aliphatic rings. The van der Waals surface area contributed by atoms with Gasteiger partial charge in [0.1, 0.15) is 0 Å². The van der Waals surface area contributed by atoms with Crippen LogP contribution >= 0.6 is 0 Å². The van der Waals surface area contributed by atoms with Crippen molar-refractivity contribution in [2.24, 2.45) is 0 Å². The lowest BCUT2D eigenvalue weighted by atomic mass is 9.73. The zero-order chi connectivity index (χ0) is 48.7. The minimum absolute atomic E-state index is 0.401. The normalized spacial score (nSPS) is 12.9. The summed E-state index contributed by atoms with van der Waals surface area (Å²) in [5.74, 6) is 0. The van der Waals surface area contributed by atoms with Gasteiger partial charge in [-0.15, -0.1) is 0 Å². The van der Waals surface area contributed by atoms with Crippen LogP contribution in [-0.4, -0.2) is 89.4 Å². The summed E-state index contributed by atoms with van der Waals surface area (Å²) in [6, 6.07) is 68.8. The first kappa shape index (κ1) is 47.3. The Balaban J connectivity index is 1.06. The number of anilines is 3. The molecular formula is C63H61N3O6. The topological polar surface area (TPSA) is 68.5 Å². The summed E-state index contributed by atoms with van der Waals surface area (Å²) in [4.78, 5) is 2.46. The number of rotatable bonds is 23. The van der Waals surface area contributed by atoms with Gasteiger partial charge in [-0.1, -0.05) is 103 Å². The Hall–Kier alpha value is -7.08. The van der Waals surface area contributed by atoms with Crippen molar-refractivity contribution in [2.45, 2.75) is 18.3 Å². The average molecular weight is 956 g/mol. The summed E-state index contributed by atoms with van der Waals surface area (Å²) in [6.07, 6.45) is 1.53. The Labute approximate surface area is 421 Å². The summed E-state index contributed by atoms with van der Waals surface area (Å²) < 4.78 is 39.5. The third kappa shape index (κ3) is 9.09. The first-order chi connectivity index (χ1) is 35.7. The van der Waals surface area contributed by atoms with Crippen LogP contribution in [0.15, 0.2) is 188 Å². The number of aromatic nitrogens is 2. The van der Waals surface area contributed by atoms with Gasteiger partial charge in [0, 0.05) is 82.8 Å². The minimum Gasteiger partial charge on any atom is -0.382 e. The first-order valence-electron chi connectivity index (χ1n) is 25.2. The Bertz CT molecular complexity index is 3260. The molecule has 2 heterocycles. The molecule has 0 saturated carbocycles. The molecule has 1 aliphatic carbocycles. The van der Waals surface area contributed by atoms with Crippen molar-refractivity contribution in [3.63, 3.8) is 0 Å². The van der Waals surface area contributed by atoms with Crippen LogP contribution in [0.3, 0.4) is 0 Å². The van der Waals surface area contributed by atoms with Gasteiger partial charge in [-0.2, -0.15) is 0 Å². The Kier molecular flexibility index (Phi) is 14.3. The van der Waals surface area contributed by atoms with E-state index in [1.54, 1.807) is 14.2 Å². The van der Waals surface area contributed by atoms with E-state index in [2.05, 4.69) is 202 Å². The predicted octanol–water partition coefficient (Wildman–Crippen LogP) is 13.8. The molecule has 9 nitrogen and oxygen atoms in total. The Morgan fingerprint density at radius 3 is 1.28 bits per heavy atom. The molecule has 10 aromatic rings. The van der Waals surface area contributed by atoms with Crippen LogP contribution in [0.1, 0.15) is 24.0 Å². The van der Waals surface area contributed by atoms with Gasteiger partial charge in [-0.25, -0.2) is 0 Å². The van der Waals surface area contributed by atoms with Crippen molar-refractivity contribution in [3.8, 4) is 22.5 Å². The number of para-hydroxylation sites is 4. The first-order valence-corrected chi connectivity index (χ1v) is 25.2. The second-order valence-electron chi connectivity index (χ2n) is 18.4. The molecule has 0 spiro atoms. The lowest BCUT2D eigenvalue weighted by Gasteiger charge is -2.34. The van der Waals surface area contributed by atoms with Crippen molar-refractivity contribution < 1.29 is 28.4 Å². The number of hydrogen-bond donors (Lipinski definition) is 0. The van der Waals surface area contributed by atoms with E-state index in [0.29, 0.717) is 66.1 Å². The fourth-order valence-corrected chi connectivity index (χ4v) is 11.0. The summed E-state index contributed by atoms with van der Waals surface area (Å²) in [5.41, 5.74) is 14.8. The maximum absolute atomic E-state index is 6.40. The van der Waals surface area contributed by atoms with Crippen LogP contribution in [0.2, 0.25) is 0 Å². The number of ether oxygens (including phenoxy) is 6. The third-order valence-electron chi connectivity index (χ3n) is 14.3. The summed E-state index contributed by atoms with van der Waals surface area (Å²) in [7, 11) is 3.38. The molecule has 0 bridgehead atoms. The van der Waals surface area contributed by atoms with Gasteiger partial charge in [0.15, 0.2) is 0 Å². The highest BCUT2D eigenvalue weighted by Crippen LogP contribution is 2.55. The summed E-state index contributed by atoms with van der Waals surface area (Å²) >= 11 is 0. The highest BCUT2D eigenvalue weighted by atomic mass is 16.5. The van der Waals surface area contributed by atoms with E-state index in [-0.39, 0.29) is 0 Å². The van der Waals surface area contributed by atoms with Crippen molar-refractivity contribution in [1.82, 2.24) is 9.13 Å². The summed E-state index contributed by atoms with van der Waals surface area (Å²) in [6.45, 7) is 5.34. The zero-order valence-electron chi connectivity index (χ0n) is 41.2. The van der Waals surface area contributed by atoms with Gasteiger partial charge in [0.25, 0.3) is 0 Å². The lowest BCUT2D eigenvalue weighted by Crippen LogP contribution is -2.30. The molecule has 0 atom stereocenters. The van der Waals surface area contributed by atoms with Gasteiger partial charge in [-0.05, 0) is 120 Å². The van der Waals surface area contributed by atoms with Crippen LogP contribution in [0.25, 0.3) is 66.1 Å². The maximum atomic E-state index is 6.40. The molecule has 0 N–H and O–H groups in total. The predicted molar refractivity (Wildman–Crippen MR) is 292 cm³/mol. The maximum Gasteiger partial charge on any atom is 0.0701 e. The van der Waals surface area contributed by atoms with Crippen LogP contribution < -0.4 is 4.90 Å². The molecule has 0 fully saturated rings. The summed E-state index contributed by atoms with van der Waals surface area (Å²) in [5, 5.41) is 4.79. The highest BCUT2D eigenvalue weighted by Gasteiger charge is 2.43. The number of methoxy groups -OCH3 is 2. The van der Waals surface area contributed by atoms with Gasteiger partial charge in [0.2, 0.25) is 0 Å². The molecule has 0 aliphatic heterocycles. The molecule has 11 rings (SSSR count). The van der Waals surface area contributed by atoms with E-state index >= 15 is 0 Å². The quantitative estimate of drug-likeness (QED) is 0.0592. The van der Waals surface area contributed by atoms with Crippen molar-refractivity contribution in [2.75, 3.05) is 85.2 Å². The van der Waals surface area contributed by atoms with E-state index in [4.69, 9.17) is 28.4 Å². The largest absolute Gasteiger partial charge is 0.382 e. The molecular weight excluding hydrogens is 895 g/mol. The van der Waals surface area contributed by atoms with Crippen LogP contribution in [0, 0.1) is 0 Å². The van der Waals surface area contributed by atoms with E-state index in [0.717, 1.165) is 52.3 Å². The molecule has 0 saturated heterocycles. The molecule has 364 valence electrons. The lowest BCUT2D eigenvalue weighted by molar-refractivity contribution is 0.0145. The van der Waals surface area contributed by atoms with E-state index in [1.165, 1.54) is 54.8 Å². The highest BCUT2D eigenvalue weighted by molar-refractivity contribution is 6.12. The molecule has 0 amide bonds. The van der Waals surface area contributed by atoms with Crippen LogP contribution in [0.4, 0.5) is 17.1 Å². The second kappa shape index (κ2) is 21.7. The fraction of sp³-hybridized carbons (Fsp3) is 0.238. The van der Waals surface area contributed by atoms with E-state index in [9.17, 15) is 0 Å². The Morgan fingerprint density at radius 2 is 0.750 bits per heavy atom. The minimum atomic E-state index is -0.401. The van der Waals surface area contributed by atoms with Gasteiger partial charge >= 0.3 is 0 Å². The number of fused-ring (bicyclic) bond motifs is 9. The molecule has 0 unspecified atom stereocenters. The van der Waals surface area contributed by atoms with Gasteiger partial charge < -0.3 is 42.5 Å². The molecule has 8 aromatic carbocycles. The van der Waals surface area contributed by atoms with E-state index < -0.39 is 5.41 Å². The zero-order valence-corrected chi connectivity index (χ0v) is 41.2. The van der Waals surface area contributed by atoms with Crippen molar-refractivity contribution in [3.05, 3.63) is 199 Å². The van der Waals surface area contributed by atoms with Crippen LogP contribution in [0.5, 0.6) is 0 Å². The smallest absolute Gasteiger partial charge is 0.0701 e. The molecule has 0 radical (unpaired) electrons. The van der Waals surface area contributed by atoms with Crippen LogP contribution in [-0.2, 0) is 33.8 Å². The number of nitrogens with zero attached hydrogens (tertiary/aromatic N) is 3. The van der Waals surface area contributed by atoms with Gasteiger partial charge in [0.05, 0.1) is 74.9 Å². The molecule has 72 heavy (non-hydrogen) atoms. The van der Waals surface area contributed by atoms with E-state index in [1.807, 2.05) is 0 Å². The number of benzene rings is 8. The standard InChI is InChI=1S/C63H61N3O6/c1-67-35-37-71-41-39-69-33-31-63(32-34-70-40-42-72-38-36-68-2)57-22-12-9-19-51(57)52-28-25-50(45-58(52)63)64(48-26-29-61-55(43-48)53-20-10-13-23-59(53)65(61)46-15-5-3-6-16-46)49-27-30-62-56(44-49)54-21-11-14-24-60(54)66(62)47-17-7-4-8-18-47/h3-30,43-45H,31-42H2,1-2H3. The fourth-order valence-electron chi connectivity index (χ4n) is 11.0. The van der Waals surface area contributed by atoms with Crippen molar-refractivity contribution in [1.29, 1.82) is 0 Å². The number of hydrogen-bond acceptors (Lipinski definition) is 7. The molecule has 2 aromatic heterocycles. The second-order valence-corrected chi connectivity index (χ2v) is 18.4. The van der Waals surface area contributed by atoms with Gasteiger partial charge in [-0.3, -0.25) is 0 Å². The SMILES string of the molecule is COCCOCCOCCC1(CCOCCOCCOC)c2ccccc2-c2ccc(N(c3ccc4c(c3)c3ccccc3n4-c3ccccc3)c3ccc4c(c3)c3ccccc3n4-c3ccccc3)cc21. The monoisotopic (exact) mass is 955 g/mol. The Morgan fingerprint density at radius 1 is 0.347 bits per heavy atom. The molecule has 9 heteroatoms. The average Bonchev–Trinajstić information content (AvgIpc) is 4.04. The van der Waals surface area contributed by atoms with Crippen molar-refractivity contribution >= 4 is 60.7 Å².